The van der Waals surface area contributed by atoms with E-state index in [4.69, 9.17) is 0 Å². The van der Waals surface area contributed by atoms with Crippen molar-refractivity contribution in [2.45, 2.75) is 5.92 Å². The number of aromatic nitrogens is 2. The normalized spacial score (nSPS) is 14.3. The van der Waals surface area contributed by atoms with Gasteiger partial charge in [0.25, 0.3) is 0 Å². The Morgan fingerprint density at radius 1 is 0.943 bits per heavy atom. The number of aromatic carboxylic acids is 1. The number of carboxylic acid groups (broad SMARTS) is 1. The first-order valence-electron chi connectivity index (χ1n) is 10.8. The summed E-state index contributed by atoms with van der Waals surface area (Å²) in [6, 6.07) is 24.4. The number of nitrogens with zero attached hydrogens (tertiary/aromatic N) is 2. The van der Waals surface area contributed by atoms with E-state index in [1.165, 1.54) is 6.07 Å². The molecule has 1 aromatic heterocycles. The number of aromatic amines is 1. The minimum Gasteiger partial charge on any atom is -0.478 e. The highest BCUT2D eigenvalue weighted by Gasteiger charge is 2.41. The van der Waals surface area contributed by atoms with Crippen LogP contribution in [0, 0.1) is 17.2 Å². The minimum absolute atomic E-state index is 0.0591. The highest BCUT2D eigenvalue weighted by Crippen LogP contribution is 2.50. The minimum atomic E-state index is -1.64. The summed E-state index contributed by atoms with van der Waals surface area (Å²) >= 11 is 0. The first-order chi connectivity index (χ1) is 17.0. The Balaban J connectivity index is 1.61. The molecule has 0 aliphatic heterocycles. The number of amides is 1. The van der Waals surface area contributed by atoms with E-state index in [2.05, 4.69) is 15.5 Å². The first kappa shape index (κ1) is 21.8. The predicted octanol–water partition coefficient (Wildman–Crippen LogP) is 4.23. The number of nitrogens with one attached hydrogen (secondary N) is 2. The highest BCUT2D eigenvalue weighted by molar-refractivity contribution is 6.16. The van der Waals surface area contributed by atoms with E-state index in [0.717, 1.165) is 5.56 Å². The maximum atomic E-state index is 13.5. The Morgan fingerprint density at radius 2 is 1.63 bits per heavy atom. The van der Waals surface area contributed by atoms with Gasteiger partial charge in [0.15, 0.2) is 5.92 Å². The zero-order chi connectivity index (χ0) is 24.5. The van der Waals surface area contributed by atoms with Crippen molar-refractivity contribution in [3.05, 3.63) is 107 Å². The summed E-state index contributed by atoms with van der Waals surface area (Å²) in [5, 5.41) is 29.2. The van der Waals surface area contributed by atoms with Gasteiger partial charge < -0.3 is 10.4 Å². The molecule has 0 saturated heterocycles. The van der Waals surface area contributed by atoms with E-state index in [1.54, 1.807) is 48.5 Å². The number of carbonyl (C=O) groups is 3. The first-order valence-corrected chi connectivity index (χ1v) is 10.8. The number of H-pyrrole nitrogens is 1. The van der Waals surface area contributed by atoms with Crippen molar-refractivity contribution in [2.75, 3.05) is 5.32 Å². The molecule has 0 spiro atoms. The lowest BCUT2D eigenvalue weighted by Gasteiger charge is -2.17. The van der Waals surface area contributed by atoms with Gasteiger partial charge in [-0.25, -0.2) is 4.79 Å². The van der Waals surface area contributed by atoms with Crippen LogP contribution in [-0.4, -0.2) is 33.0 Å². The van der Waals surface area contributed by atoms with Gasteiger partial charge >= 0.3 is 5.97 Å². The number of anilines is 1. The van der Waals surface area contributed by atoms with Crippen molar-refractivity contribution >= 4 is 23.3 Å². The number of hydrogen-bond acceptors (Lipinski definition) is 5. The van der Waals surface area contributed by atoms with Gasteiger partial charge in [0.1, 0.15) is 5.69 Å². The van der Waals surface area contributed by atoms with Crippen LogP contribution in [0.25, 0.3) is 11.3 Å². The van der Waals surface area contributed by atoms with Crippen LogP contribution in [0.3, 0.4) is 0 Å². The Bertz CT molecular complexity index is 1500. The van der Waals surface area contributed by atoms with E-state index in [9.17, 15) is 24.8 Å². The van der Waals surface area contributed by atoms with Crippen molar-refractivity contribution in [3.8, 4) is 17.3 Å². The van der Waals surface area contributed by atoms with E-state index in [1.807, 2.05) is 30.3 Å². The molecule has 3 N–H and O–H groups in total. The summed E-state index contributed by atoms with van der Waals surface area (Å²) in [4.78, 5) is 38.4. The third-order valence-corrected chi connectivity index (χ3v) is 6.05. The fraction of sp³-hybridized carbons (Fsp3) is 0.0741. The second-order valence-corrected chi connectivity index (χ2v) is 8.06. The molecular formula is C27H18N4O4. The van der Waals surface area contributed by atoms with Gasteiger partial charge in [0, 0.05) is 22.7 Å². The Kier molecular flexibility index (Phi) is 5.43. The zero-order valence-corrected chi connectivity index (χ0v) is 18.2. The largest absolute Gasteiger partial charge is 0.478 e. The van der Waals surface area contributed by atoms with Crippen LogP contribution in [0.1, 0.15) is 43.5 Å². The van der Waals surface area contributed by atoms with Crippen molar-refractivity contribution < 1.29 is 19.5 Å². The fourth-order valence-electron chi connectivity index (χ4n) is 4.54. The van der Waals surface area contributed by atoms with E-state index >= 15 is 0 Å². The summed E-state index contributed by atoms with van der Waals surface area (Å²) in [7, 11) is 0. The van der Waals surface area contributed by atoms with Crippen LogP contribution < -0.4 is 5.32 Å². The Labute approximate surface area is 199 Å². The average Bonchev–Trinajstić information content (AvgIpc) is 3.44. The van der Waals surface area contributed by atoms with Crippen LogP contribution in [0.15, 0.2) is 78.9 Å². The quantitative estimate of drug-likeness (QED) is 0.255. The lowest BCUT2D eigenvalue weighted by atomic mass is 9.85. The maximum Gasteiger partial charge on any atom is 0.336 e. The van der Waals surface area contributed by atoms with Crippen molar-refractivity contribution in [1.82, 2.24) is 10.2 Å². The number of carbonyl (C=O) groups excluding carboxylic acids is 2. The second kappa shape index (κ2) is 8.72. The van der Waals surface area contributed by atoms with Gasteiger partial charge in [-0.1, -0.05) is 60.7 Å². The Hall–Kier alpha value is -5.03. The number of nitriles is 1. The molecular weight excluding hydrogens is 444 g/mol. The average molecular weight is 462 g/mol. The van der Waals surface area contributed by atoms with Gasteiger partial charge in [-0.15, -0.1) is 0 Å². The number of fused-ring (bicyclic) bond motifs is 3. The molecule has 0 fully saturated rings. The smallest absolute Gasteiger partial charge is 0.336 e. The molecule has 8 nitrogen and oxygen atoms in total. The van der Waals surface area contributed by atoms with E-state index in [0.29, 0.717) is 28.1 Å². The number of para-hydroxylation sites is 1. The molecule has 35 heavy (non-hydrogen) atoms. The molecule has 1 aliphatic rings. The number of benzene rings is 3. The molecule has 4 aromatic rings. The van der Waals surface area contributed by atoms with Gasteiger partial charge in [0.05, 0.1) is 17.3 Å². The molecule has 8 heteroatoms. The maximum absolute atomic E-state index is 13.5. The molecule has 170 valence electrons. The molecule has 1 aliphatic carbocycles. The highest BCUT2D eigenvalue weighted by atomic mass is 16.4. The van der Waals surface area contributed by atoms with Crippen LogP contribution in [-0.2, 0) is 4.79 Å². The molecule has 2 unspecified atom stereocenters. The molecule has 1 heterocycles. The summed E-state index contributed by atoms with van der Waals surface area (Å²) < 4.78 is 0. The van der Waals surface area contributed by atoms with E-state index in [-0.39, 0.29) is 11.3 Å². The molecule has 1 amide bonds. The van der Waals surface area contributed by atoms with Gasteiger partial charge in [0.2, 0.25) is 11.7 Å². The SMILES string of the molecule is N#CC(C(=O)Nc1ccccc1)C(=O)c1n[nH]c2c1C(c1ccccc1)c1c(C(=O)O)cccc1-2. The topological polar surface area (TPSA) is 136 Å². The predicted molar refractivity (Wildman–Crippen MR) is 127 cm³/mol. The molecule has 5 rings (SSSR count). The van der Waals surface area contributed by atoms with Gasteiger partial charge in [-0.3, -0.25) is 14.7 Å². The van der Waals surface area contributed by atoms with E-state index < -0.39 is 29.5 Å². The number of rotatable bonds is 6. The number of Topliss-reactive ketones (excluding diaryl/α,β-unsaturated/α-hetero) is 1. The number of carboxylic acids is 1. The van der Waals surface area contributed by atoms with Crippen molar-refractivity contribution in [1.29, 1.82) is 5.26 Å². The lowest BCUT2D eigenvalue weighted by Crippen LogP contribution is -2.29. The monoisotopic (exact) mass is 462 g/mol. The molecule has 3 aromatic carbocycles. The Morgan fingerprint density at radius 3 is 2.29 bits per heavy atom. The third-order valence-electron chi connectivity index (χ3n) is 6.05. The van der Waals surface area contributed by atoms with Crippen LogP contribution in [0.4, 0.5) is 5.69 Å². The van der Waals surface area contributed by atoms with Gasteiger partial charge in [-0.2, -0.15) is 10.4 Å². The van der Waals surface area contributed by atoms with Crippen LogP contribution in [0.2, 0.25) is 0 Å². The van der Waals surface area contributed by atoms with Gasteiger partial charge in [-0.05, 0) is 29.3 Å². The number of hydrogen-bond donors (Lipinski definition) is 3. The molecule has 0 saturated carbocycles. The van der Waals surface area contributed by atoms with Crippen molar-refractivity contribution in [2.24, 2.45) is 5.92 Å². The van der Waals surface area contributed by atoms with Crippen LogP contribution in [0.5, 0.6) is 0 Å². The molecule has 0 radical (unpaired) electrons. The zero-order valence-electron chi connectivity index (χ0n) is 18.2. The fourth-order valence-corrected chi connectivity index (χ4v) is 4.54. The summed E-state index contributed by atoms with van der Waals surface area (Å²) in [6.07, 6.45) is 0. The summed E-state index contributed by atoms with van der Waals surface area (Å²) in [5.74, 6) is -4.86. The van der Waals surface area contributed by atoms with Crippen LogP contribution >= 0.6 is 0 Å². The summed E-state index contributed by atoms with van der Waals surface area (Å²) in [5.41, 5.74) is 3.37. The summed E-state index contributed by atoms with van der Waals surface area (Å²) in [6.45, 7) is 0. The second-order valence-electron chi connectivity index (χ2n) is 8.06. The number of ketones is 1. The van der Waals surface area contributed by atoms with Crippen molar-refractivity contribution in [3.63, 3.8) is 0 Å². The molecule has 0 bridgehead atoms. The standard InChI is InChI=1S/C27H18N4O4/c28-14-19(26(33)29-16-10-5-2-6-11-16)25(32)24-22-20(15-8-3-1-4-9-15)21-17(23(22)30-31-24)12-7-13-18(21)27(34)35/h1-13,19-20H,(H,29,33)(H,30,31)(H,34,35). The lowest BCUT2D eigenvalue weighted by molar-refractivity contribution is -0.117. The third kappa shape index (κ3) is 3.65. The molecule has 2 atom stereocenters.